The molecule has 0 aliphatic rings. The average molecular weight is 268 g/mol. The Morgan fingerprint density at radius 1 is 1.37 bits per heavy atom. The Labute approximate surface area is 112 Å². The number of hydrogen-bond donors (Lipinski definition) is 4. The number of nitrogens with two attached hydrogens (primary N) is 1. The van der Waals surface area contributed by atoms with Gasteiger partial charge in [0.2, 0.25) is 0 Å². The number of nitrogens with zero attached hydrogens (tertiary/aromatic N) is 2. The van der Waals surface area contributed by atoms with Crippen LogP contribution in [0.25, 0.3) is 0 Å². The summed E-state index contributed by atoms with van der Waals surface area (Å²) in [6, 6.07) is 3.23. The number of rotatable bonds is 7. The lowest BCUT2D eigenvalue weighted by Gasteiger charge is -2.21. The lowest BCUT2D eigenvalue weighted by Crippen LogP contribution is -2.36. The maximum Gasteiger partial charge on any atom is 0.254 e. The second kappa shape index (κ2) is 7.67. The summed E-state index contributed by atoms with van der Waals surface area (Å²) < 4.78 is 0. The number of nitrogens with one attached hydrogen (secondary N) is 1. The molecule has 0 bridgehead atoms. The van der Waals surface area contributed by atoms with Crippen molar-refractivity contribution in [3.05, 3.63) is 23.4 Å². The summed E-state index contributed by atoms with van der Waals surface area (Å²) in [5.74, 6) is 5.46. The van der Waals surface area contributed by atoms with Gasteiger partial charge in [-0.2, -0.15) is 0 Å². The molecule has 1 heterocycles. The number of pyridine rings is 1. The van der Waals surface area contributed by atoms with E-state index in [4.69, 9.17) is 16.1 Å². The number of carbonyl (C=O) groups excluding carboxylic acids is 1. The first-order chi connectivity index (χ1) is 9.15. The predicted molar refractivity (Wildman–Crippen MR) is 71.5 cm³/mol. The number of aliphatic hydroxyl groups excluding tert-OH is 2. The van der Waals surface area contributed by atoms with Gasteiger partial charge in [-0.3, -0.25) is 4.79 Å². The third kappa shape index (κ3) is 4.16. The zero-order valence-electron chi connectivity index (χ0n) is 11.0. The van der Waals surface area contributed by atoms with E-state index < -0.39 is 0 Å². The highest BCUT2D eigenvalue weighted by Gasteiger charge is 2.16. The summed E-state index contributed by atoms with van der Waals surface area (Å²) in [7, 11) is 0. The summed E-state index contributed by atoms with van der Waals surface area (Å²) in [6.45, 7) is 1.97. The molecule has 19 heavy (non-hydrogen) atoms. The fraction of sp³-hybridized carbons (Fsp3) is 0.500. The van der Waals surface area contributed by atoms with E-state index in [2.05, 4.69) is 10.4 Å². The zero-order chi connectivity index (χ0) is 14.3. The van der Waals surface area contributed by atoms with E-state index in [9.17, 15) is 4.79 Å². The summed E-state index contributed by atoms with van der Waals surface area (Å²) in [5, 5.41) is 17.9. The first-order valence-corrected chi connectivity index (χ1v) is 6.14. The van der Waals surface area contributed by atoms with Gasteiger partial charge in [-0.1, -0.05) is 6.92 Å². The average Bonchev–Trinajstić information content (AvgIpc) is 2.45. The topological polar surface area (TPSA) is 112 Å². The van der Waals surface area contributed by atoms with E-state index in [0.29, 0.717) is 17.8 Å². The van der Waals surface area contributed by atoms with E-state index in [1.807, 2.05) is 6.92 Å². The Balaban J connectivity index is 3.01. The summed E-state index contributed by atoms with van der Waals surface area (Å²) >= 11 is 0. The van der Waals surface area contributed by atoms with Crippen molar-refractivity contribution in [2.45, 2.75) is 13.3 Å². The van der Waals surface area contributed by atoms with Gasteiger partial charge in [-0.05, 0) is 18.6 Å². The predicted octanol–water partition coefficient (Wildman–Crippen LogP) is -0.644. The number of aromatic nitrogens is 1. The van der Waals surface area contributed by atoms with Crippen molar-refractivity contribution < 1.29 is 15.0 Å². The van der Waals surface area contributed by atoms with Crippen molar-refractivity contribution in [2.24, 2.45) is 5.84 Å². The monoisotopic (exact) mass is 268 g/mol. The van der Waals surface area contributed by atoms with Crippen LogP contribution >= 0.6 is 0 Å². The maximum atomic E-state index is 12.3. The molecule has 0 fully saturated rings. The number of aryl methyl sites for hydroxylation is 1. The standard InChI is InChI=1S/C12H20N4O3/c1-2-10-7-9(8-11(14-10)15-13)12(19)16(3-5-17)4-6-18/h7-8,17-18H,2-6,13H2,1H3,(H,14,15). The molecule has 0 spiro atoms. The molecule has 1 amide bonds. The van der Waals surface area contributed by atoms with Crippen LogP contribution in [0.5, 0.6) is 0 Å². The third-order valence-electron chi connectivity index (χ3n) is 2.66. The van der Waals surface area contributed by atoms with E-state index in [0.717, 1.165) is 5.69 Å². The Bertz CT molecular complexity index is 397. The Kier molecular flexibility index (Phi) is 6.20. The first-order valence-electron chi connectivity index (χ1n) is 6.14. The van der Waals surface area contributed by atoms with Crippen LogP contribution in [-0.4, -0.2) is 52.3 Å². The summed E-state index contributed by atoms with van der Waals surface area (Å²) in [5.41, 5.74) is 3.59. The number of amides is 1. The second-order valence-corrected chi connectivity index (χ2v) is 3.97. The van der Waals surface area contributed by atoms with Gasteiger partial charge in [0, 0.05) is 24.3 Å². The molecule has 1 aromatic rings. The van der Waals surface area contributed by atoms with Gasteiger partial charge >= 0.3 is 0 Å². The van der Waals surface area contributed by atoms with Crippen molar-refractivity contribution >= 4 is 11.7 Å². The molecule has 0 radical (unpaired) electrons. The van der Waals surface area contributed by atoms with Crippen LogP contribution in [0.4, 0.5) is 5.82 Å². The Morgan fingerprint density at radius 3 is 2.47 bits per heavy atom. The van der Waals surface area contributed by atoms with Gasteiger partial charge in [-0.15, -0.1) is 0 Å². The molecule has 1 rings (SSSR count). The molecule has 0 atom stereocenters. The lowest BCUT2D eigenvalue weighted by molar-refractivity contribution is 0.0684. The highest BCUT2D eigenvalue weighted by Crippen LogP contribution is 2.12. The largest absolute Gasteiger partial charge is 0.395 e. The van der Waals surface area contributed by atoms with Gasteiger partial charge in [0.1, 0.15) is 5.82 Å². The van der Waals surface area contributed by atoms with Gasteiger partial charge in [0.15, 0.2) is 0 Å². The van der Waals surface area contributed by atoms with E-state index in [1.165, 1.54) is 4.90 Å². The van der Waals surface area contributed by atoms with E-state index in [-0.39, 0.29) is 32.2 Å². The number of aliphatic hydroxyl groups is 2. The van der Waals surface area contributed by atoms with Crippen molar-refractivity contribution in [1.82, 2.24) is 9.88 Å². The summed E-state index contributed by atoms with van der Waals surface area (Å²) in [6.07, 6.45) is 0.676. The van der Waals surface area contributed by atoms with E-state index in [1.54, 1.807) is 12.1 Å². The molecule has 0 aliphatic carbocycles. The molecule has 0 aliphatic heterocycles. The molecule has 0 unspecified atom stereocenters. The number of carbonyl (C=O) groups is 1. The van der Waals surface area contributed by atoms with E-state index >= 15 is 0 Å². The molecular formula is C12H20N4O3. The number of hydrogen-bond acceptors (Lipinski definition) is 6. The van der Waals surface area contributed by atoms with Crippen LogP contribution in [0.15, 0.2) is 12.1 Å². The quantitative estimate of drug-likeness (QED) is 0.386. The molecule has 7 heteroatoms. The maximum absolute atomic E-state index is 12.3. The van der Waals surface area contributed by atoms with Gasteiger partial charge < -0.3 is 20.5 Å². The Hall–Kier alpha value is -1.70. The van der Waals surface area contributed by atoms with Crippen LogP contribution in [-0.2, 0) is 6.42 Å². The van der Waals surface area contributed by atoms with Crippen LogP contribution in [0, 0.1) is 0 Å². The van der Waals surface area contributed by atoms with Crippen LogP contribution in [0.3, 0.4) is 0 Å². The van der Waals surface area contributed by atoms with Crippen molar-refractivity contribution in [1.29, 1.82) is 0 Å². The molecule has 106 valence electrons. The SMILES string of the molecule is CCc1cc(C(=O)N(CCO)CCO)cc(NN)n1. The van der Waals surface area contributed by atoms with Crippen molar-refractivity contribution in [2.75, 3.05) is 31.7 Å². The highest BCUT2D eigenvalue weighted by molar-refractivity contribution is 5.95. The van der Waals surface area contributed by atoms with Gasteiger partial charge in [0.25, 0.3) is 5.91 Å². The molecule has 0 aromatic carbocycles. The highest BCUT2D eigenvalue weighted by atomic mass is 16.3. The second-order valence-electron chi connectivity index (χ2n) is 3.97. The van der Waals surface area contributed by atoms with Gasteiger partial charge in [0.05, 0.1) is 13.2 Å². The normalized spacial score (nSPS) is 10.3. The smallest absolute Gasteiger partial charge is 0.254 e. The lowest BCUT2D eigenvalue weighted by atomic mass is 10.1. The van der Waals surface area contributed by atoms with Crippen LogP contribution < -0.4 is 11.3 Å². The number of hydrazine groups is 1. The van der Waals surface area contributed by atoms with Gasteiger partial charge in [-0.25, -0.2) is 10.8 Å². The van der Waals surface area contributed by atoms with Crippen molar-refractivity contribution in [3.63, 3.8) is 0 Å². The fourth-order valence-corrected chi connectivity index (χ4v) is 1.71. The minimum Gasteiger partial charge on any atom is -0.395 e. The molecule has 0 saturated heterocycles. The third-order valence-corrected chi connectivity index (χ3v) is 2.66. The summed E-state index contributed by atoms with van der Waals surface area (Å²) in [4.78, 5) is 17.9. The zero-order valence-corrected chi connectivity index (χ0v) is 11.0. The fourth-order valence-electron chi connectivity index (χ4n) is 1.71. The van der Waals surface area contributed by atoms with Crippen LogP contribution in [0.2, 0.25) is 0 Å². The minimum absolute atomic E-state index is 0.153. The molecule has 0 saturated carbocycles. The molecular weight excluding hydrogens is 248 g/mol. The number of anilines is 1. The Morgan fingerprint density at radius 2 is 2.00 bits per heavy atom. The minimum atomic E-state index is -0.267. The molecule has 1 aromatic heterocycles. The molecule has 5 N–H and O–H groups in total. The van der Waals surface area contributed by atoms with Crippen LogP contribution in [0.1, 0.15) is 23.0 Å². The molecule has 7 nitrogen and oxygen atoms in total. The van der Waals surface area contributed by atoms with Crippen molar-refractivity contribution in [3.8, 4) is 0 Å². The number of nitrogen functional groups attached to an aromatic ring is 1. The first kappa shape index (κ1) is 15.4.